The summed E-state index contributed by atoms with van der Waals surface area (Å²) in [5, 5.41) is 2.48. The van der Waals surface area contributed by atoms with E-state index in [1.54, 1.807) is 6.07 Å². The number of benzene rings is 1. The number of hydrogen-bond donors (Lipinski definition) is 3. The van der Waals surface area contributed by atoms with Gasteiger partial charge in [-0.2, -0.15) is 0 Å². The predicted octanol–water partition coefficient (Wildman–Crippen LogP) is 2.54. The molecule has 1 heterocycles. The molecule has 0 atom stereocenters. The first-order valence-electron chi connectivity index (χ1n) is 5.66. The molecule has 1 aromatic carbocycles. The van der Waals surface area contributed by atoms with Crippen LogP contribution in [-0.4, -0.2) is 25.6 Å². The monoisotopic (exact) mass is 375 g/mol. The third kappa shape index (κ3) is 4.57. The van der Waals surface area contributed by atoms with E-state index in [0.29, 0.717) is 10.2 Å². The number of hydrogen-bond acceptors (Lipinski definition) is 3. The zero-order valence-electron chi connectivity index (χ0n) is 10.8. The number of carbonyl (C=O) groups is 1. The Labute approximate surface area is 128 Å². The van der Waals surface area contributed by atoms with Gasteiger partial charge in [-0.3, -0.25) is 9.52 Å². The van der Waals surface area contributed by atoms with Gasteiger partial charge in [0.15, 0.2) is 0 Å². The van der Waals surface area contributed by atoms with Crippen molar-refractivity contribution in [1.29, 1.82) is 0 Å². The lowest BCUT2D eigenvalue weighted by atomic mass is 10.2. The summed E-state index contributed by atoms with van der Waals surface area (Å²) in [5.74, 6) is -1.12. The standard InChI is InChI=1S/C12H11BrFN3O3S/c1-21(19,20)17-10-4-8(14)3-9(5-10)16-12(18)7-2-11(13)15-6-7/h2-6,15,17H,1H3,(H,16,18). The van der Waals surface area contributed by atoms with Crippen LogP contribution in [0, 0.1) is 5.82 Å². The Hall–Kier alpha value is -1.87. The highest BCUT2D eigenvalue weighted by molar-refractivity contribution is 9.10. The van der Waals surface area contributed by atoms with E-state index in [-0.39, 0.29) is 11.4 Å². The number of rotatable bonds is 4. The summed E-state index contributed by atoms with van der Waals surface area (Å²) in [4.78, 5) is 14.7. The summed E-state index contributed by atoms with van der Waals surface area (Å²) in [7, 11) is -3.53. The van der Waals surface area contributed by atoms with E-state index < -0.39 is 21.7 Å². The Kier molecular flexibility index (Phi) is 4.33. The van der Waals surface area contributed by atoms with Gasteiger partial charge in [-0.05, 0) is 40.2 Å². The van der Waals surface area contributed by atoms with E-state index in [1.807, 2.05) is 0 Å². The van der Waals surface area contributed by atoms with Crippen LogP contribution < -0.4 is 10.0 Å². The lowest BCUT2D eigenvalue weighted by molar-refractivity contribution is 0.102. The number of aromatic amines is 1. The number of sulfonamides is 1. The molecule has 0 saturated carbocycles. The van der Waals surface area contributed by atoms with Crippen LogP contribution >= 0.6 is 15.9 Å². The first-order valence-corrected chi connectivity index (χ1v) is 8.35. The molecule has 0 saturated heterocycles. The van der Waals surface area contributed by atoms with Gasteiger partial charge in [-0.1, -0.05) is 0 Å². The SMILES string of the molecule is CS(=O)(=O)Nc1cc(F)cc(NC(=O)c2c[nH]c(Br)c2)c1. The van der Waals surface area contributed by atoms with Crippen LogP contribution in [0.1, 0.15) is 10.4 Å². The molecule has 1 aromatic heterocycles. The Morgan fingerprint density at radius 1 is 1.24 bits per heavy atom. The minimum atomic E-state index is -3.53. The Bertz CT molecular complexity index is 789. The smallest absolute Gasteiger partial charge is 0.257 e. The fourth-order valence-electron chi connectivity index (χ4n) is 1.64. The number of anilines is 2. The minimum absolute atomic E-state index is 0.0306. The third-order valence-corrected chi connectivity index (χ3v) is 3.43. The summed E-state index contributed by atoms with van der Waals surface area (Å²) in [6.07, 6.45) is 2.43. The van der Waals surface area contributed by atoms with Gasteiger partial charge in [0.1, 0.15) is 5.82 Å². The van der Waals surface area contributed by atoms with Gasteiger partial charge in [-0.15, -0.1) is 0 Å². The summed E-state index contributed by atoms with van der Waals surface area (Å²) in [6, 6.07) is 4.99. The first-order chi connectivity index (χ1) is 9.73. The van der Waals surface area contributed by atoms with E-state index in [4.69, 9.17) is 0 Å². The van der Waals surface area contributed by atoms with Gasteiger partial charge in [0.25, 0.3) is 5.91 Å². The van der Waals surface area contributed by atoms with Crippen molar-refractivity contribution in [2.24, 2.45) is 0 Å². The minimum Gasteiger partial charge on any atom is -0.355 e. The fraction of sp³-hybridized carbons (Fsp3) is 0.0833. The summed E-state index contributed by atoms with van der Waals surface area (Å²) >= 11 is 3.17. The molecule has 0 spiro atoms. The van der Waals surface area contributed by atoms with Gasteiger partial charge < -0.3 is 10.3 Å². The molecule has 2 aromatic rings. The average molecular weight is 376 g/mol. The van der Waals surface area contributed by atoms with Crippen LogP contribution in [0.3, 0.4) is 0 Å². The number of H-pyrrole nitrogens is 1. The number of amides is 1. The van der Waals surface area contributed by atoms with Crippen molar-refractivity contribution >= 4 is 43.2 Å². The van der Waals surface area contributed by atoms with Crippen molar-refractivity contribution < 1.29 is 17.6 Å². The van der Waals surface area contributed by atoms with E-state index in [2.05, 4.69) is 31.0 Å². The van der Waals surface area contributed by atoms with Gasteiger partial charge in [-0.25, -0.2) is 12.8 Å². The van der Waals surface area contributed by atoms with E-state index >= 15 is 0 Å². The summed E-state index contributed by atoms with van der Waals surface area (Å²) in [5.41, 5.74) is 0.523. The lowest BCUT2D eigenvalue weighted by Crippen LogP contribution is -2.13. The maximum atomic E-state index is 13.5. The number of carbonyl (C=O) groups excluding carboxylic acids is 1. The summed E-state index contributed by atoms with van der Waals surface area (Å²) < 4.78 is 38.5. The number of nitrogens with one attached hydrogen (secondary N) is 3. The molecule has 6 nitrogen and oxygen atoms in total. The molecule has 9 heteroatoms. The van der Waals surface area contributed by atoms with E-state index in [0.717, 1.165) is 18.4 Å². The van der Waals surface area contributed by atoms with Crippen LogP contribution in [-0.2, 0) is 10.0 Å². The molecular formula is C12H11BrFN3O3S. The molecule has 0 bridgehead atoms. The maximum absolute atomic E-state index is 13.5. The van der Waals surface area contributed by atoms with Crippen molar-refractivity contribution in [3.05, 3.63) is 46.4 Å². The second-order valence-corrected chi connectivity index (χ2v) is 6.90. The van der Waals surface area contributed by atoms with E-state index in [9.17, 15) is 17.6 Å². The Balaban J connectivity index is 2.22. The van der Waals surface area contributed by atoms with Crippen LogP contribution in [0.25, 0.3) is 0 Å². The molecule has 2 rings (SSSR count). The molecule has 21 heavy (non-hydrogen) atoms. The molecule has 0 radical (unpaired) electrons. The quantitative estimate of drug-likeness (QED) is 0.766. The highest BCUT2D eigenvalue weighted by atomic mass is 79.9. The van der Waals surface area contributed by atoms with Crippen molar-refractivity contribution in [2.45, 2.75) is 0 Å². The topological polar surface area (TPSA) is 91.1 Å². The molecule has 1 amide bonds. The molecule has 3 N–H and O–H groups in total. The molecule has 112 valence electrons. The van der Waals surface area contributed by atoms with Crippen LogP contribution in [0.15, 0.2) is 35.1 Å². The molecule has 0 unspecified atom stereocenters. The van der Waals surface area contributed by atoms with Crippen molar-refractivity contribution in [1.82, 2.24) is 4.98 Å². The zero-order chi connectivity index (χ0) is 15.6. The van der Waals surface area contributed by atoms with Crippen LogP contribution in [0.5, 0.6) is 0 Å². The number of halogens is 2. The van der Waals surface area contributed by atoms with Gasteiger partial charge in [0.2, 0.25) is 10.0 Å². The zero-order valence-corrected chi connectivity index (χ0v) is 13.2. The van der Waals surface area contributed by atoms with Crippen molar-refractivity contribution in [3.8, 4) is 0 Å². The molecule has 0 aliphatic rings. The summed E-state index contributed by atoms with van der Waals surface area (Å²) in [6.45, 7) is 0. The molecular weight excluding hydrogens is 365 g/mol. The maximum Gasteiger partial charge on any atom is 0.257 e. The fourth-order valence-corrected chi connectivity index (χ4v) is 2.54. The molecule has 0 aliphatic carbocycles. The Morgan fingerprint density at radius 2 is 1.90 bits per heavy atom. The Morgan fingerprint density at radius 3 is 2.48 bits per heavy atom. The molecule has 0 aliphatic heterocycles. The second kappa shape index (κ2) is 5.86. The lowest BCUT2D eigenvalue weighted by Gasteiger charge is -2.08. The first kappa shape index (κ1) is 15.5. The van der Waals surface area contributed by atoms with Crippen LogP contribution in [0.2, 0.25) is 0 Å². The second-order valence-electron chi connectivity index (χ2n) is 4.29. The average Bonchev–Trinajstić information content (AvgIpc) is 2.72. The van der Waals surface area contributed by atoms with Gasteiger partial charge in [0, 0.05) is 11.9 Å². The van der Waals surface area contributed by atoms with E-state index in [1.165, 1.54) is 12.3 Å². The largest absolute Gasteiger partial charge is 0.355 e. The molecule has 0 fully saturated rings. The highest BCUT2D eigenvalue weighted by Gasteiger charge is 2.10. The van der Waals surface area contributed by atoms with Crippen molar-refractivity contribution in [3.63, 3.8) is 0 Å². The normalized spacial score (nSPS) is 11.2. The van der Waals surface area contributed by atoms with Gasteiger partial charge in [0.05, 0.1) is 22.1 Å². The highest BCUT2D eigenvalue weighted by Crippen LogP contribution is 2.20. The number of aromatic nitrogens is 1. The predicted molar refractivity (Wildman–Crippen MR) is 81.3 cm³/mol. The van der Waals surface area contributed by atoms with Crippen molar-refractivity contribution in [2.75, 3.05) is 16.3 Å². The van der Waals surface area contributed by atoms with Crippen LogP contribution in [0.4, 0.5) is 15.8 Å². The van der Waals surface area contributed by atoms with Gasteiger partial charge >= 0.3 is 0 Å². The third-order valence-electron chi connectivity index (χ3n) is 2.37.